The molecule has 4 aromatic carbocycles. The summed E-state index contributed by atoms with van der Waals surface area (Å²) in [6.07, 6.45) is 0. The lowest BCUT2D eigenvalue weighted by Crippen LogP contribution is -2.21. The van der Waals surface area contributed by atoms with Crippen LogP contribution in [0, 0.1) is 27.7 Å². The van der Waals surface area contributed by atoms with Crippen LogP contribution in [0.3, 0.4) is 0 Å². The van der Waals surface area contributed by atoms with Crippen LogP contribution < -0.4 is 10.6 Å². The van der Waals surface area contributed by atoms with Crippen LogP contribution in [0.25, 0.3) is 0 Å². The maximum absolute atomic E-state index is 13.9. The van der Waals surface area contributed by atoms with Crippen molar-refractivity contribution in [2.24, 2.45) is 0 Å². The van der Waals surface area contributed by atoms with Gasteiger partial charge in [0.15, 0.2) is 11.6 Å². The number of hydrogen-bond acceptors (Lipinski definition) is 3. The summed E-state index contributed by atoms with van der Waals surface area (Å²) in [6.45, 7) is 7.78. The molecule has 0 aliphatic rings. The van der Waals surface area contributed by atoms with E-state index in [9.17, 15) is 14.2 Å². The van der Waals surface area contributed by atoms with E-state index in [4.69, 9.17) is 0 Å². The molecule has 0 saturated heterocycles. The molecule has 170 valence electrons. The van der Waals surface area contributed by atoms with Crippen molar-refractivity contribution >= 4 is 30.0 Å². The average molecular weight is 467 g/mol. The van der Waals surface area contributed by atoms with Crippen LogP contribution in [-0.4, -0.2) is 11.6 Å². The van der Waals surface area contributed by atoms with E-state index in [-0.39, 0.29) is 11.6 Å². The zero-order valence-electron chi connectivity index (χ0n) is 19.8. The number of hydrogen-bond donors (Lipinski definition) is 0. The van der Waals surface area contributed by atoms with Crippen molar-refractivity contribution in [1.29, 1.82) is 0 Å². The minimum absolute atomic E-state index is 0.162. The average Bonchev–Trinajstić information content (AvgIpc) is 2.83. The van der Waals surface area contributed by atoms with Gasteiger partial charge in [-0.3, -0.25) is 9.59 Å². The lowest BCUT2D eigenvalue weighted by atomic mass is 9.97. The Labute approximate surface area is 201 Å². The van der Waals surface area contributed by atoms with E-state index in [2.05, 4.69) is 0 Å². The number of benzene rings is 4. The minimum atomic E-state index is -2.64. The first kappa shape index (κ1) is 23.6. The Bertz CT molecular complexity index is 1340. The van der Waals surface area contributed by atoms with Gasteiger partial charge in [-0.15, -0.1) is 0 Å². The van der Waals surface area contributed by atoms with Gasteiger partial charge in [0, 0.05) is 32.9 Å². The van der Waals surface area contributed by atoms with Gasteiger partial charge in [-0.2, -0.15) is 0 Å². The molecule has 0 bridgehead atoms. The smallest absolute Gasteiger partial charge is 0.194 e. The van der Waals surface area contributed by atoms with Crippen LogP contribution in [0.15, 0.2) is 84.9 Å². The van der Waals surface area contributed by atoms with Crippen molar-refractivity contribution < 1.29 is 14.2 Å². The normalized spacial score (nSPS) is 11.0. The fourth-order valence-electron chi connectivity index (χ4n) is 4.33. The molecule has 0 radical (unpaired) electrons. The molecule has 0 spiro atoms. The lowest BCUT2D eigenvalue weighted by Gasteiger charge is -2.14. The third-order valence-corrected chi connectivity index (χ3v) is 7.94. The summed E-state index contributed by atoms with van der Waals surface area (Å²) < 4.78 is 13.9. The highest BCUT2D eigenvalue weighted by Crippen LogP contribution is 2.27. The summed E-state index contributed by atoms with van der Waals surface area (Å²) in [4.78, 5) is 26.9. The molecule has 4 rings (SSSR count). The molecule has 0 aromatic heterocycles. The summed E-state index contributed by atoms with van der Waals surface area (Å²) >= 11 is 0. The SMILES string of the molecule is Cc1ccc(C(=O)c2ccccc2[PH](=O)c2ccccc2C(=O)c2ccc(C)cc2C)c(C)c1. The Morgan fingerprint density at radius 1 is 0.529 bits per heavy atom. The van der Waals surface area contributed by atoms with Crippen LogP contribution >= 0.6 is 7.80 Å². The van der Waals surface area contributed by atoms with Gasteiger partial charge in [0.25, 0.3) is 0 Å². The molecule has 0 aliphatic heterocycles. The lowest BCUT2D eigenvalue weighted by molar-refractivity contribution is 0.103. The molecule has 0 amide bonds. The molecule has 0 atom stereocenters. The molecule has 0 fully saturated rings. The van der Waals surface area contributed by atoms with E-state index >= 15 is 0 Å². The van der Waals surface area contributed by atoms with Crippen LogP contribution in [0.4, 0.5) is 0 Å². The first-order valence-electron chi connectivity index (χ1n) is 11.2. The molecular formula is C30H27O3P. The van der Waals surface area contributed by atoms with E-state index in [0.717, 1.165) is 22.3 Å². The van der Waals surface area contributed by atoms with Crippen molar-refractivity contribution in [2.75, 3.05) is 0 Å². The number of ketones is 2. The highest BCUT2D eigenvalue weighted by Gasteiger charge is 2.23. The van der Waals surface area contributed by atoms with Crippen LogP contribution in [0.2, 0.25) is 0 Å². The first-order chi connectivity index (χ1) is 16.3. The largest absolute Gasteiger partial charge is 0.317 e. The van der Waals surface area contributed by atoms with Crippen molar-refractivity contribution in [3.05, 3.63) is 129 Å². The third kappa shape index (κ3) is 4.58. The van der Waals surface area contributed by atoms with Crippen LogP contribution in [0.5, 0.6) is 0 Å². The molecule has 3 nitrogen and oxygen atoms in total. The van der Waals surface area contributed by atoms with Gasteiger partial charge in [-0.1, -0.05) is 96.1 Å². The monoisotopic (exact) mass is 466 g/mol. The summed E-state index contributed by atoms with van der Waals surface area (Å²) in [5, 5.41) is 0.941. The second kappa shape index (κ2) is 9.75. The number of carbonyl (C=O) groups excluding carboxylic acids is 2. The predicted molar refractivity (Wildman–Crippen MR) is 140 cm³/mol. The zero-order chi connectivity index (χ0) is 24.4. The summed E-state index contributed by atoms with van der Waals surface area (Å²) in [7, 11) is -2.64. The Hall–Kier alpha value is -3.55. The Morgan fingerprint density at radius 2 is 0.912 bits per heavy atom. The molecule has 0 aliphatic carbocycles. The van der Waals surface area contributed by atoms with Crippen molar-refractivity contribution in [3.63, 3.8) is 0 Å². The van der Waals surface area contributed by atoms with E-state index in [1.165, 1.54) is 0 Å². The predicted octanol–water partition coefficient (Wildman–Crippen LogP) is 5.89. The van der Waals surface area contributed by atoms with E-state index in [1.54, 1.807) is 48.5 Å². The van der Waals surface area contributed by atoms with E-state index in [0.29, 0.717) is 32.9 Å². The molecule has 34 heavy (non-hydrogen) atoms. The Balaban J connectivity index is 1.79. The highest BCUT2D eigenvalue weighted by molar-refractivity contribution is 7.62. The zero-order valence-corrected chi connectivity index (χ0v) is 20.8. The second-order valence-electron chi connectivity index (χ2n) is 8.72. The summed E-state index contributed by atoms with van der Waals surface area (Å²) in [6, 6.07) is 25.4. The molecule has 4 heteroatoms. The van der Waals surface area contributed by atoms with Crippen molar-refractivity contribution in [3.8, 4) is 0 Å². The number of carbonyl (C=O) groups is 2. The van der Waals surface area contributed by atoms with E-state index < -0.39 is 7.80 Å². The maximum atomic E-state index is 13.9. The second-order valence-corrected chi connectivity index (χ2v) is 10.5. The molecule has 0 unspecified atom stereocenters. The van der Waals surface area contributed by atoms with Gasteiger partial charge in [0.1, 0.15) is 7.80 Å². The topological polar surface area (TPSA) is 51.2 Å². The maximum Gasteiger partial charge on any atom is 0.194 e. The summed E-state index contributed by atoms with van der Waals surface area (Å²) in [5.41, 5.74) is 5.92. The first-order valence-corrected chi connectivity index (χ1v) is 12.7. The number of rotatable bonds is 6. The van der Waals surface area contributed by atoms with Gasteiger partial charge in [0.2, 0.25) is 0 Å². The van der Waals surface area contributed by atoms with Gasteiger partial charge in [-0.05, 0) is 38.8 Å². The highest BCUT2D eigenvalue weighted by atomic mass is 31.1. The third-order valence-electron chi connectivity index (χ3n) is 6.09. The molecule has 0 heterocycles. The van der Waals surface area contributed by atoms with Crippen molar-refractivity contribution in [2.45, 2.75) is 27.7 Å². The van der Waals surface area contributed by atoms with Gasteiger partial charge in [0.05, 0.1) is 0 Å². The Morgan fingerprint density at radius 3 is 1.29 bits per heavy atom. The van der Waals surface area contributed by atoms with Crippen LogP contribution in [0.1, 0.15) is 54.1 Å². The van der Waals surface area contributed by atoms with Crippen molar-refractivity contribution in [1.82, 2.24) is 0 Å². The van der Waals surface area contributed by atoms with Gasteiger partial charge < -0.3 is 4.57 Å². The fourth-order valence-corrected chi connectivity index (χ4v) is 6.00. The van der Waals surface area contributed by atoms with Gasteiger partial charge in [-0.25, -0.2) is 0 Å². The molecule has 0 saturated carbocycles. The minimum Gasteiger partial charge on any atom is -0.317 e. The fraction of sp³-hybridized carbons (Fsp3) is 0.133. The Kier molecular flexibility index (Phi) is 6.77. The quantitative estimate of drug-likeness (QED) is 0.263. The summed E-state index contributed by atoms with van der Waals surface area (Å²) in [5.74, 6) is -0.325. The van der Waals surface area contributed by atoms with Gasteiger partial charge >= 0.3 is 0 Å². The molecule has 4 aromatic rings. The molecular weight excluding hydrogens is 439 g/mol. The number of aryl methyl sites for hydroxylation is 4. The van der Waals surface area contributed by atoms with E-state index in [1.807, 2.05) is 64.1 Å². The standard InChI is InChI=1S/C30H27O3P/c1-19-13-15-23(21(3)17-19)29(31)25-9-5-7-11-27(25)34(33)28-12-8-6-10-26(28)30(32)24-16-14-20(2)18-22(24)4/h5-18,34H,1-4H3. The van der Waals surface area contributed by atoms with Crippen LogP contribution in [-0.2, 0) is 4.57 Å². The molecule has 0 N–H and O–H groups in total.